The van der Waals surface area contributed by atoms with Crippen molar-refractivity contribution in [3.05, 3.63) is 35.4 Å². The summed E-state index contributed by atoms with van der Waals surface area (Å²) in [5.74, 6) is -0.465. The molecular weight excluding hydrogens is 294 g/mol. The zero-order valence-corrected chi connectivity index (χ0v) is 13.3. The molecule has 0 bridgehead atoms. The molecule has 1 aromatic carbocycles. The number of rotatable bonds is 5. The third-order valence-corrected chi connectivity index (χ3v) is 4.02. The van der Waals surface area contributed by atoms with Crippen molar-refractivity contribution in [2.24, 2.45) is 5.16 Å². The summed E-state index contributed by atoms with van der Waals surface area (Å²) >= 11 is 0. The number of amides is 2. The van der Waals surface area contributed by atoms with Gasteiger partial charge in [0, 0.05) is 12.5 Å². The third kappa shape index (κ3) is 3.88. The van der Waals surface area contributed by atoms with Gasteiger partial charge in [-0.15, -0.1) is 0 Å². The first-order valence-electron chi connectivity index (χ1n) is 7.93. The Labute approximate surface area is 135 Å². The van der Waals surface area contributed by atoms with E-state index < -0.39 is 12.1 Å². The van der Waals surface area contributed by atoms with Crippen LogP contribution in [0.5, 0.6) is 0 Å². The van der Waals surface area contributed by atoms with Crippen LogP contribution in [0, 0.1) is 6.92 Å². The Morgan fingerprint density at radius 1 is 1.26 bits per heavy atom. The fourth-order valence-electron chi connectivity index (χ4n) is 2.36. The number of aryl methyl sites for hydroxylation is 1. The first-order chi connectivity index (χ1) is 11.0. The fraction of sp³-hybridized carbons (Fsp3) is 0.471. The predicted octanol–water partition coefficient (Wildman–Crippen LogP) is 1.27. The van der Waals surface area contributed by atoms with Gasteiger partial charge in [-0.25, -0.2) is 0 Å². The monoisotopic (exact) mass is 315 g/mol. The Bertz CT molecular complexity index is 635. The van der Waals surface area contributed by atoms with Crippen molar-refractivity contribution in [2.45, 2.75) is 51.3 Å². The maximum Gasteiger partial charge on any atom is 0.264 e. The number of carbonyl (C=O) groups is 2. The lowest BCUT2D eigenvalue weighted by Crippen LogP contribution is -2.48. The van der Waals surface area contributed by atoms with Gasteiger partial charge in [0.15, 0.2) is 0 Å². The van der Waals surface area contributed by atoms with Crippen LogP contribution in [0.2, 0.25) is 0 Å². The lowest BCUT2D eigenvalue weighted by Gasteiger charge is -2.15. The van der Waals surface area contributed by atoms with Crippen LogP contribution in [0.3, 0.4) is 0 Å². The molecule has 0 unspecified atom stereocenters. The normalized spacial score (nSPS) is 21.1. The number of nitrogens with one attached hydrogen (secondary N) is 2. The largest absolute Gasteiger partial charge is 0.382 e. The van der Waals surface area contributed by atoms with Crippen LogP contribution in [0.15, 0.2) is 29.4 Å². The van der Waals surface area contributed by atoms with Gasteiger partial charge in [0.05, 0.1) is 5.71 Å². The Kier molecular flexibility index (Phi) is 4.32. The molecule has 0 spiro atoms. The third-order valence-electron chi connectivity index (χ3n) is 4.02. The minimum Gasteiger partial charge on any atom is -0.382 e. The van der Waals surface area contributed by atoms with Crippen molar-refractivity contribution >= 4 is 17.5 Å². The van der Waals surface area contributed by atoms with Crippen LogP contribution in [-0.2, 0) is 14.4 Å². The van der Waals surface area contributed by atoms with Gasteiger partial charge in [-0.1, -0.05) is 35.0 Å². The second-order valence-corrected chi connectivity index (χ2v) is 6.22. The van der Waals surface area contributed by atoms with Crippen molar-refractivity contribution in [1.29, 1.82) is 0 Å². The van der Waals surface area contributed by atoms with E-state index in [4.69, 9.17) is 4.84 Å². The van der Waals surface area contributed by atoms with Gasteiger partial charge in [0.25, 0.3) is 5.91 Å². The highest BCUT2D eigenvalue weighted by Crippen LogP contribution is 2.19. The molecule has 2 aliphatic rings. The smallest absolute Gasteiger partial charge is 0.264 e. The summed E-state index contributed by atoms with van der Waals surface area (Å²) in [6.07, 6.45) is 1.77. The molecule has 3 rings (SSSR count). The van der Waals surface area contributed by atoms with Crippen molar-refractivity contribution in [2.75, 3.05) is 0 Å². The van der Waals surface area contributed by atoms with E-state index in [0.29, 0.717) is 6.42 Å². The highest BCUT2D eigenvalue weighted by Gasteiger charge is 2.32. The van der Waals surface area contributed by atoms with Crippen LogP contribution < -0.4 is 10.6 Å². The SMILES string of the molecule is Cc1ccc(C2=NO[C@@H](C(=O)N[C@@H](C)C(=O)NC3CC3)C2)cc1. The molecule has 1 fully saturated rings. The maximum absolute atomic E-state index is 12.2. The molecule has 1 aliphatic heterocycles. The Morgan fingerprint density at radius 3 is 2.61 bits per heavy atom. The standard InChI is InChI=1S/C17H21N3O3/c1-10-3-5-12(6-4-10)14-9-15(23-20-14)17(22)18-11(2)16(21)19-13-7-8-13/h3-6,11,13,15H,7-9H2,1-2H3,(H,18,22)(H,19,21)/t11-,15+/m0/s1. The van der Waals surface area contributed by atoms with Crippen molar-refractivity contribution in [3.63, 3.8) is 0 Å². The lowest BCUT2D eigenvalue weighted by molar-refractivity contribution is -0.135. The van der Waals surface area contributed by atoms with Crippen molar-refractivity contribution in [1.82, 2.24) is 10.6 Å². The minimum absolute atomic E-state index is 0.154. The quantitative estimate of drug-likeness (QED) is 0.859. The van der Waals surface area contributed by atoms with Gasteiger partial charge in [0.2, 0.25) is 12.0 Å². The van der Waals surface area contributed by atoms with Crippen LogP contribution in [0.25, 0.3) is 0 Å². The van der Waals surface area contributed by atoms with E-state index in [1.165, 1.54) is 0 Å². The summed E-state index contributed by atoms with van der Waals surface area (Å²) in [4.78, 5) is 29.3. The molecule has 1 heterocycles. The van der Waals surface area contributed by atoms with E-state index in [9.17, 15) is 9.59 Å². The molecule has 2 atom stereocenters. The van der Waals surface area contributed by atoms with Crippen LogP contribution in [-0.4, -0.2) is 35.7 Å². The second-order valence-electron chi connectivity index (χ2n) is 6.22. The van der Waals surface area contributed by atoms with E-state index in [0.717, 1.165) is 29.7 Å². The van der Waals surface area contributed by atoms with Crippen LogP contribution >= 0.6 is 0 Å². The zero-order chi connectivity index (χ0) is 16.4. The van der Waals surface area contributed by atoms with E-state index in [-0.39, 0.29) is 17.9 Å². The molecule has 0 radical (unpaired) electrons. The minimum atomic E-state index is -0.678. The summed E-state index contributed by atoms with van der Waals surface area (Å²) in [5.41, 5.74) is 2.86. The molecule has 1 saturated carbocycles. The second kappa shape index (κ2) is 6.40. The van der Waals surface area contributed by atoms with Gasteiger partial charge in [-0.05, 0) is 32.3 Å². The predicted molar refractivity (Wildman–Crippen MR) is 86.0 cm³/mol. The maximum atomic E-state index is 12.2. The molecule has 2 amide bonds. The van der Waals surface area contributed by atoms with E-state index in [2.05, 4.69) is 15.8 Å². The zero-order valence-electron chi connectivity index (χ0n) is 13.3. The average Bonchev–Trinajstić information content (AvgIpc) is 3.20. The van der Waals surface area contributed by atoms with Gasteiger partial charge in [0.1, 0.15) is 6.04 Å². The molecule has 2 N–H and O–H groups in total. The highest BCUT2D eigenvalue weighted by atomic mass is 16.6. The summed E-state index contributed by atoms with van der Waals surface area (Å²) < 4.78 is 0. The van der Waals surface area contributed by atoms with E-state index in [1.54, 1.807) is 6.92 Å². The Balaban J connectivity index is 1.51. The van der Waals surface area contributed by atoms with Gasteiger partial charge >= 0.3 is 0 Å². The van der Waals surface area contributed by atoms with Crippen LogP contribution in [0.4, 0.5) is 0 Å². The molecule has 0 saturated heterocycles. The molecule has 6 heteroatoms. The van der Waals surface area contributed by atoms with Crippen LogP contribution in [0.1, 0.15) is 37.3 Å². The van der Waals surface area contributed by atoms with Gasteiger partial charge in [-0.3, -0.25) is 9.59 Å². The molecule has 23 heavy (non-hydrogen) atoms. The number of carbonyl (C=O) groups excluding carboxylic acids is 2. The average molecular weight is 315 g/mol. The number of oxime groups is 1. The first kappa shape index (κ1) is 15.5. The number of nitrogens with zero attached hydrogens (tertiary/aromatic N) is 1. The van der Waals surface area contributed by atoms with Gasteiger partial charge in [-0.2, -0.15) is 0 Å². The highest BCUT2D eigenvalue weighted by molar-refractivity contribution is 6.04. The Morgan fingerprint density at radius 2 is 1.96 bits per heavy atom. The first-order valence-corrected chi connectivity index (χ1v) is 7.93. The van der Waals surface area contributed by atoms with Crippen molar-refractivity contribution in [3.8, 4) is 0 Å². The molecule has 0 aromatic heterocycles. The topological polar surface area (TPSA) is 79.8 Å². The molecule has 1 aliphatic carbocycles. The molecule has 1 aromatic rings. The summed E-state index contributed by atoms with van der Waals surface area (Å²) in [5, 5.41) is 9.56. The summed E-state index contributed by atoms with van der Waals surface area (Å²) in [6.45, 7) is 3.69. The summed E-state index contributed by atoms with van der Waals surface area (Å²) in [6, 6.07) is 7.62. The molecule has 122 valence electrons. The molecular formula is C17H21N3O3. The summed E-state index contributed by atoms with van der Waals surface area (Å²) in [7, 11) is 0. The number of hydrogen-bond donors (Lipinski definition) is 2. The van der Waals surface area contributed by atoms with E-state index in [1.807, 2.05) is 31.2 Å². The Hall–Kier alpha value is -2.37. The number of hydrogen-bond acceptors (Lipinski definition) is 4. The van der Waals surface area contributed by atoms with Crippen molar-refractivity contribution < 1.29 is 14.4 Å². The van der Waals surface area contributed by atoms with E-state index >= 15 is 0 Å². The van der Waals surface area contributed by atoms with Gasteiger partial charge < -0.3 is 15.5 Å². The molecule has 6 nitrogen and oxygen atoms in total. The lowest BCUT2D eigenvalue weighted by atomic mass is 10.0. The number of benzene rings is 1. The fourth-order valence-corrected chi connectivity index (χ4v) is 2.36.